The molecule has 8 nitrogen and oxygen atoms in total. The van der Waals surface area contributed by atoms with Crippen molar-refractivity contribution < 1.29 is 18.8 Å². The van der Waals surface area contributed by atoms with E-state index in [1.54, 1.807) is 71.1 Å². The molecule has 32 heavy (non-hydrogen) atoms. The Morgan fingerprint density at radius 2 is 1.84 bits per heavy atom. The third kappa shape index (κ3) is 3.79. The number of aromatic nitrogens is 4. The van der Waals surface area contributed by atoms with Crippen LogP contribution in [-0.4, -0.2) is 37.2 Å². The lowest BCUT2D eigenvalue weighted by atomic mass is 9.97. The molecular weight excluding hydrogens is 408 g/mol. The van der Waals surface area contributed by atoms with Gasteiger partial charge in [-0.25, -0.2) is 14.3 Å². The van der Waals surface area contributed by atoms with Gasteiger partial charge in [0, 0.05) is 11.8 Å². The first-order valence-electron chi connectivity index (χ1n) is 10.2. The van der Waals surface area contributed by atoms with Crippen molar-refractivity contribution in [3.8, 4) is 11.1 Å². The predicted molar refractivity (Wildman–Crippen MR) is 119 cm³/mol. The van der Waals surface area contributed by atoms with E-state index in [1.165, 1.54) is 4.57 Å². The first kappa shape index (κ1) is 21.4. The van der Waals surface area contributed by atoms with Crippen molar-refractivity contribution in [1.29, 1.82) is 0 Å². The second-order valence-corrected chi connectivity index (χ2v) is 8.61. The maximum absolute atomic E-state index is 13.4. The van der Waals surface area contributed by atoms with Crippen molar-refractivity contribution in [1.82, 2.24) is 19.7 Å². The van der Waals surface area contributed by atoms with Gasteiger partial charge in [0.15, 0.2) is 0 Å². The molecule has 0 saturated carbocycles. The first-order valence-corrected chi connectivity index (χ1v) is 10.2. The standard InChI is InChI=1S/C24H24N4O4/c1-13-20(14(2)32-27-13)16-11-17(22(29)18-9-7-8-10-25-18)21-19(12-16)28(15(3)26-21)23(30)31-24(4,5)6/h7-12H,1-6H3. The van der Waals surface area contributed by atoms with Crippen LogP contribution in [0.5, 0.6) is 0 Å². The molecule has 3 aromatic heterocycles. The van der Waals surface area contributed by atoms with Gasteiger partial charge in [0.2, 0.25) is 5.78 Å². The van der Waals surface area contributed by atoms with Gasteiger partial charge >= 0.3 is 6.09 Å². The lowest BCUT2D eigenvalue weighted by Gasteiger charge is -2.20. The third-order valence-corrected chi connectivity index (χ3v) is 4.97. The number of fused-ring (bicyclic) bond motifs is 1. The van der Waals surface area contributed by atoms with Crippen LogP contribution in [0.2, 0.25) is 0 Å². The first-order chi connectivity index (χ1) is 15.1. The number of nitrogens with zero attached hydrogens (tertiary/aromatic N) is 4. The minimum Gasteiger partial charge on any atom is -0.443 e. The highest BCUT2D eigenvalue weighted by atomic mass is 16.6. The van der Waals surface area contributed by atoms with Gasteiger partial charge in [-0.15, -0.1) is 0 Å². The summed E-state index contributed by atoms with van der Waals surface area (Å²) in [6, 6.07) is 8.70. The van der Waals surface area contributed by atoms with Crippen LogP contribution >= 0.6 is 0 Å². The molecule has 0 aliphatic heterocycles. The fourth-order valence-electron chi connectivity index (χ4n) is 3.68. The van der Waals surface area contributed by atoms with Crippen molar-refractivity contribution in [3.63, 3.8) is 0 Å². The lowest BCUT2D eigenvalue weighted by molar-refractivity contribution is 0.0540. The van der Waals surface area contributed by atoms with E-state index < -0.39 is 11.7 Å². The number of imidazole rings is 1. The quantitative estimate of drug-likeness (QED) is 0.419. The van der Waals surface area contributed by atoms with Crippen LogP contribution in [0.4, 0.5) is 4.79 Å². The number of hydrogen-bond acceptors (Lipinski definition) is 7. The van der Waals surface area contributed by atoms with E-state index in [-0.39, 0.29) is 11.5 Å². The molecule has 0 saturated heterocycles. The number of pyridine rings is 1. The monoisotopic (exact) mass is 432 g/mol. The topological polar surface area (TPSA) is 100 Å². The minimum absolute atomic E-state index is 0.286. The lowest BCUT2D eigenvalue weighted by Crippen LogP contribution is -2.27. The zero-order valence-electron chi connectivity index (χ0n) is 18.9. The van der Waals surface area contributed by atoms with Gasteiger partial charge in [-0.05, 0) is 71.4 Å². The average Bonchev–Trinajstić information content (AvgIpc) is 3.23. The van der Waals surface area contributed by atoms with E-state index in [0.717, 1.165) is 5.56 Å². The van der Waals surface area contributed by atoms with E-state index >= 15 is 0 Å². The second kappa shape index (κ2) is 7.71. The van der Waals surface area contributed by atoms with Gasteiger partial charge in [-0.3, -0.25) is 9.78 Å². The van der Waals surface area contributed by atoms with E-state index in [4.69, 9.17) is 9.26 Å². The number of carbonyl (C=O) groups excluding carboxylic acids is 2. The molecule has 0 atom stereocenters. The SMILES string of the molecule is Cc1noc(C)c1-c1cc(C(=O)c2ccccn2)c2nc(C)n(C(=O)OC(C)(C)C)c2c1. The molecule has 0 radical (unpaired) electrons. The average molecular weight is 432 g/mol. The maximum atomic E-state index is 13.4. The molecule has 1 aromatic carbocycles. The minimum atomic E-state index is -0.689. The second-order valence-electron chi connectivity index (χ2n) is 8.61. The fourth-order valence-corrected chi connectivity index (χ4v) is 3.68. The molecule has 0 N–H and O–H groups in total. The van der Waals surface area contributed by atoms with Crippen LogP contribution in [0.3, 0.4) is 0 Å². The summed E-state index contributed by atoms with van der Waals surface area (Å²) in [5.41, 5.74) is 2.93. The Balaban J connectivity index is 2.01. The highest BCUT2D eigenvalue weighted by Crippen LogP contribution is 2.33. The summed E-state index contributed by atoms with van der Waals surface area (Å²) in [6.07, 6.45) is 0.997. The van der Waals surface area contributed by atoms with Crippen molar-refractivity contribution in [3.05, 3.63) is 65.1 Å². The molecule has 164 valence electrons. The molecule has 8 heteroatoms. The van der Waals surface area contributed by atoms with E-state index in [1.807, 2.05) is 6.92 Å². The number of benzene rings is 1. The van der Waals surface area contributed by atoms with Crippen molar-refractivity contribution >= 4 is 22.9 Å². The summed E-state index contributed by atoms with van der Waals surface area (Å²) in [4.78, 5) is 35.2. The van der Waals surface area contributed by atoms with Crippen molar-refractivity contribution in [2.45, 2.75) is 47.1 Å². The predicted octanol–water partition coefficient (Wildman–Crippen LogP) is 5.03. The van der Waals surface area contributed by atoms with Gasteiger partial charge in [0.25, 0.3) is 0 Å². The Hall–Kier alpha value is -3.81. The molecular formula is C24H24N4O4. The summed E-state index contributed by atoms with van der Waals surface area (Å²) in [5.74, 6) is 0.733. The van der Waals surface area contributed by atoms with Crippen LogP contribution in [-0.2, 0) is 4.74 Å². The van der Waals surface area contributed by atoms with Crippen LogP contribution in [0.25, 0.3) is 22.2 Å². The molecule has 0 unspecified atom stereocenters. The highest BCUT2D eigenvalue weighted by molar-refractivity contribution is 6.16. The molecule has 4 aromatic rings. The summed E-state index contributed by atoms with van der Waals surface area (Å²) in [6.45, 7) is 10.7. The number of aryl methyl sites for hydroxylation is 3. The number of ketones is 1. The number of carbonyl (C=O) groups is 2. The Morgan fingerprint density at radius 1 is 1.09 bits per heavy atom. The summed E-state index contributed by atoms with van der Waals surface area (Å²) < 4.78 is 12.3. The smallest absolute Gasteiger partial charge is 0.420 e. The molecule has 0 spiro atoms. The Kier molecular flexibility index (Phi) is 5.16. The molecule has 0 amide bonds. The number of rotatable bonds is 3. The largest absolute Gasteiger partial charge is 0.443 e. The van der Waals surface area contributed by atoms with E-state index in [2.05, 4.69) is 15.1 Å². The summed E-state index contributed by atoms with van der Waals surface area (Å²) in [5, 5.41) is 4.03. The van der Waals surface area contributed by atoms with Gasteiger partial charge in [0.05, 0.1) is 16.8 Å². The zero-order chi connectivity index (χ0) is 23.2. The van der Waals surface area contributed by atoms with Crippen LogP contribution < -0.4 is 0 Å². The molecule has 0 aliphatic rings. The van der Waals surface area contributed by atoms with Gasteiger partial charge in [0.1, 0.15) is 28.4 Å². The molecule has 0 fully saturated rings. The summed E-state index contributed by atoms with van der Waals surface area (Å²) in [7, 11) is 0. The highest BCUT2D eigenvalue weighted by Gasteiger charge is 2.26. The molecule has 0 aliphatic carbocycles. The van der Waals surface area contributed by atoms with Crippen molar-refractivity contribution in [2.75, 3.05) is 0 Å². The van der Waals surface area contributed by atoms with Crippen LogP contribution in [0.15, 0.2) is 41.1 Å². The Morgan fingerprint density at radius 3 is 2.44 bits per heavy atom. The van der Waals surface area contributed by atoms with Crippen molar-refractivity contribution in [2.24, 2.45) is 0 Å². The van der Waals surface area contributed by atoms with E-state index in [0.29, 0.717) is 39.4 Å². The van der Waals surface area contributed by atoms with Gasteiger partial charge < -0.3 is 9.26 Å². The van der Waals surface area contributed by atoms with E-state index in [9.17, 15) is 9.59 Å². The van der Waals surface area contributed by atoms with Crippen LogP contribution in [0.1, 0.15) is 54.1 Å². The molecule has 0 bridgehead atoms. The van der Waals surface area contributed by atoms with Crippen LogP contribution in [0, 0.1) is 20.8 Å². The Bertz CT molecular complexity index is 1320. The number of hydrogen-bond donors (Lipinski definition) is 0. The Labute approximate surface area is 185 Å². The third-order valence-electron chi connectivity index (χ3n) is 4.97. The molecule has 4 rings (SSSR count). The summed E-state index contributed by atoms with van der Waals surface area (Å²) >= 11 is 0. The van der Waals surface area contributed by atoms with Gasteiger partial charge in [-0.1, -0.05) is 11.2 Å². The zero-order valence-corrected chi connectivity index (χ0v) is 18.9. The fraction of sp³-hybridized carbons (Fsp3) is 0.292. The number of ether oxygens (including phenoxy) is 1. The van der Waals surface area contributed by atoms with Gasteiger partial charge in [-0.2, -0.15) is 0 Å². The molecule has 3 heterocycles. The maximum Gasteiger partial charge on any atom is 0.420 e. The normalized spacial score (nSPS) is 11.7.